The average Bonchev–Trinajstić information content (AvgIpc) is 2.82. The van der Waals surface area contributed by atoms with Crippen LogP contribution in [0.25, 0.3) is 0 Å². The van der Waals surface area contributed by atoms with Crippen molar-refractivity contribution in [1.29, 1.82) is 0 Å². The van der Waals surface area contributed by atoms with E-state index in [0.29, 0.717) is 23.7 Å². The summed E-state index contributed by atoms with van der Waals surface area (Å²) in [7, 11) is 0. The molecule has 0 aliphatic carbocycles. The van der Waals surface area contributed by atoms with Gasteiger partial charge < -0.3 is 14.2 Å². The van der Waals surface area contributed by atoms with Crippen LogP contribution in [0.3, 0.4) is 0 Å². The minimum Gasteiger partial charge on any atom is -0.485 e. The van der Waals surface area contributed by atoms with Gasteiger partial charge in [-0.1, -0.05) is 60.7 Å². The second kappa shape index (κ2) is 9.67. The quantitative estimate of drug-likeness (QED) is 0.601. The van der Waals surface area contributed by atoms with E-state index in [4.69, 9.17) is 14.2 Å². The van der Waals surface area contributed by atoms with E-state index in [1.54, 1.807) is 18.2 Å². The van der Waals surface area contributed by atoms with Crippen molar-refractivity contribution < 1.29 is 23.8 Å². The molecule has 1 atom stereocenters. The summed E-state index contributed by atoms with van der Waals surface area (Å²) in [6.45, 7) is -0.182. The fourth-order valence-corrected chi connectivity index (χ4v) is 3.15. The van der Waals surface area contributed by atoms with E-state index in [-0.39, 0.29) is 13.2 Å². The molecule has 0 bridgehead atoms. The Morgan fingerprint density at radius 3 is 2.42 bits per heavy atom. The Morgan fingerprint density at radius 1 is 0.871 bits per heavy atom. The number of amides is 2. The number of fused-ring (bicyclic) bond motifs is 1. The third kappa shape index (κ3) is 5.33. The number of rotatable bonds is 6. The van der Waals surface area contributed by atoms with Gasteiger partial charge in [-0.25, -0.2) is 0 Å². The van der Waals surface area contributed by atoms with Crippen molar-refractivity contribution in [1.82, 2.24) is 10.9 Å². The largest absolute Gasteiger partial charge is 0.485 e. The predicted molar refractivity (Wildman–Crippen MR) is 114 cm³/mol. The van der Waals surface area contributed by atoms with Gasteiger partial charge in [0, 0.05) is 6.42 Å². The number of carbonyl (C=O) groups is 2. The fourth-order valence-electron chi connectivity index (χ4n) is 3.15. The molecule has 31 heavy (non-hydrogen) atoms. The van der Waals surface area contributed by atoms with Crippen molar-refractivity contribution in [2.24, 2.45) is 0 Å². The molecule has 1 aliphatic heterocycles. The van der Waals surface area contributed by atoms with E-state index in [9.17, 15) is 9.59 Å². The Labute approximate surface area is 179 Å². The Hall–Kier alpha value is -4.00. The first-order valence-corrected chi connectivity index (χ1v) is 9.91. The summed E-state index contributed by atoms with van der Waals surface area (Å²) in [5.74, 6) is 0.692. The number of hydrogen-bond donors (Lipinski definition) is 2. The summed E-state index contributed by atoms with van der Waals surface area (Å²) in [6.07, 6.45) is -0.168. The zero-order valence-corrected chi connectivity index (χ0v) is 16.7. The first-order valence-electron chi connectivity index (χ1n) is 9.91. The van der Waals surface area contributed by atoms with Crippen LogP contribution in [-0.2, 0) is 16.0 Å². The highest BCUT2D eigenvalue weighted by atomic mass is 16.6. The molecule has 0 spiro atoms. The van der Waals surface area contributed by atoms with Gasteiger partial charge in [0.25, 0.3) is 11.8 Å². The summed E-state index contributed by atoms with van der Waals surface area (Å²) < 4.78 is 16.8. The summed E-state index contributed by atoms with van der Waals surface area (Å²) in [5, 5.41) is 0. The molecule has 158 valence electrons. The van der Waals surface area contributed by atoms with Gasteiger partial charge in [0.05, 0.1) is 0 Å². The van der Waals surface area contributed by atoms with E-state index >= 15 is 0 Å². The van der Waals surface area contributed by atoms with Crippen LogP contribution in [0.1, 0.15) is 11.1 Å². The fraction of sp³-hybridized carbons (Fsp3) is 0.167. The number of hydrazine groups is 1. The van der Waals surface area contributed by atoms with E-state index < -0.39 is 17.9 Å². The number of carbonyl (C=O) groups excluding carboxylic acids is 2. The zero-order chi connectivity index (χ0) is 21.5. The van der Waals surface area contributed by atoms with Crippen LogP contribution in [0, 0.1) is 0 Å². The Morgan fingerprint density at radius 2 is 1.58 bits per heavy atom. The zero-order valence-electron chi connectivity index (χ0n) is 16.7. The maximum absolute atomic E-state index is 12.3. The molecule has 3 aromatic rings. The number of ether oxygens (including phenoxy) is 3. The molecule has 3 aromatic carbocycles. The first kappa shape index (κ1) is 20.3. The number of benzene rings is 3. The maximum atomic E-state index is 12.3. The molecule has 7 heteroatoms. The van der Waals surface area contributed by atoms with Crippen molar-refractivity contribution in [2.45, 2.75) is 12.5 Å². The first-order chi connectivity index (χ1) is 15.2. The lowest BCUT2D eigenvalue weighted by Crippen LogP contribution is -2.51. The van der Waals surface area contributed by atoms with Crippen molar-refractivity contribution in [3.05, 3.63) is 90.0 Å². The molecule has 2 N–H and O–H groups in total. The van der Waals surface area contributed by atoms with Gasteiger partial charge >= 0.3 is 0 Å². The third-order valence-corrected chi connectivity index (χ3v) is 4.69. The summed E-state index contributed by atoms with van der Waals surface area (Å²) >= 11 is 0. The molecule has 0 radical (unpaired) electrons. The highest BCUT2D eigenvalue weighted by Gasteiger charge is 2.27. The van der Waals surface area contributed by atoms with Gasteiger partial charge in [-0.05, 0) is 29.3 Å². The SMILES string of the molecule is O=C(COc1ccccc1Cc1ccccc1)NNC(=O)[C@@H]1COc2ccccc2O1. The molecule has 0 aromatic heterocycles. The van der Waals surface area contributed by atoms with E-state index in [2.05, 4.69) is 10.9 Å². The van der Waals surface area contributed by atoms with Crippen LogP contribution < -0.4 is 25.1 Å². The number of nitrogens with one attached hydrogen (secondary N) is 2. The maximum Gasteiger partial charge on any atom is 0.283 e. The van der Waals surface area contributed by atoms with Crippen LogP contribution in [0.15, 0.2) is 78.9 Å². The van der Waals surface area contributed by atoms with E-state index in [1.165, 1.54) is 0 Å². The third-order valence-electron chi connectivity index (χ3n) is 4.69. The molecule has 0 fully saturated rings. The second-order valence-electron chi connectivity index (χ2n) is 6.96. The molecule has 0 unspecified atom stereocenters. The Kier molecular flexibility index (Phi) is 6.32. The lowest BCUT2D eigenvalue weighted by molar-refractivity contribution is -0.135. The molecule has 0 saturated heterocycles. The van der Waals surface area contributed by atoms with Crippen molar-refractivity contribution in [3.8, 4) is 17.2 Å². The molecule has 7 nitrogen and oxygen atoms in total. The normalized spacial score (nSPS) is 14.4. The van der Waals surface area contributed by atoms with Gasteiger partial charge in [0.2, 0.25) is 6.10 Å². The highest BCUT2D eigenvalue weighted by molar-refractivity contribution is 5.85. The minimum absolute atomic E-state index is 0.0576. The van der Waals surface area contributed by atoms with Crippen LogP contribution in [0.2, 0.25) is 0 Å². The highest BCUT2D eigenvalue weighted by Crippen LogP contribution is 2.30. The van der Waals surface area contributed by atoms with Crippen molar-refractivity contribution >= 4 is 11.8 Å². The molecular weight excluding hydrogens is 396 g/mol. The molecular formula is C24H22N2O5. The van der Waals surface area contributed by atoms with Crippen LogP contribution in [0.4, 0.5) is 0 Å². The van der Waals surface area contributed by atoms with Crippen molar-refractivity contribution in [3.63, 3.8) is 0 Å². The van der Waals surface area contributed by atoms with Gasteiger partial charge in [0.15, 0.2) is 18.1 Å². The molecule has 4 rings (SSSR count). The Balaban J connectivity index is 1.26. The second-order valence-corrected chi connectivity index (χ2v) is 6.96. The molecule has 0 saturated carbocycles. The average molecular weight is 418 g/mol. The lowest BCUT2D eigenvalue weighted by atomic mass is 10.0. The van der Waals surface area contributed by atoms with Gasteiger partial charge in [-0.2, -0.15) is 0 Å². The van der Waals surface area contributed by atoms with Gasteiger partial charge in [-0.3, -0.25) is 20.4 Å². The number of hydrogen-bond acceptors (Lipinski definition) is 5. The van der Waals surface area contributed by atoms with Crippen LogP contribution in [-0.4, -0.2) is 31.1 Å². The van der Waals surface area contributed by atoms with Gasteiger partial charge in [0.1, 0.15) is 12.4 Å². The smallest absolute Gasteiger partial charge is 0.283 e. The standard InChI is InChI=1S/C24H22N2O5/c27-23(25-26-24(28)22-15-29-20-12-6-7-13-21(20)31-22)16-30-19-11-5-4-10-18(19)14-17-8-2-1-3-9-17/h1-13,22H,14-16H2,(H,25,27)(H,26,28)/t22-/m0/s1. The summed E-state index contributed by atoms with van der Waals surface area (Å²) in [5.41, 5.74) is 6.81. The van der Waals surface area contributed by atoms with Crippen LogP contribution in [0.5, 0.6) is 17.2 Å². The molecule has 1 heterocycles. The summed E-state index contributed by atoms with van der Waals surface area (Å²) in [6, 6.07) is 24.6. The van der Waals surface area contributed by atoms with Crippen LogP contribution >= 0.6 is 0 Å². The predicted octanol–water partition coefficient (Wildman–Crippen LogP) is 2.64. The van der Waals surface area contributed by atoms with Crippen molar-refractivity contribution in [2.75, 3.05) is 13.2 Å². The van der Waals surface area contributed by atoms with Gasteiger partial charge in [-0.15, -0.1) is 0 Å². The lowest BCUT2D eigenvalue weighted by Gasteiger charge is -2.25. The minimum atomic E-state index is -0.859. The molecule has 2 amide bonds. The molecule has 1 aliphatic rings. The van der Waals surface area contributed by atoms with E-state index in [0.717, 1.165) is 11.1 Å². The topological polar surface area (TPSA) is 85.9 Å². The number of para-hydroxylation sites is 3. The Bertz CT molecular complexity index is 1050. The van der Waals surface area contributed by atoms with E-state index in [1.807, 2.05) is 60.7 Å². The summed E-state index contributed by atoms with van der Waals surface area (Å²) in [4.78, 5) is 24.4. The monoisotopic (exact) mass is 418 g/mol.